The number of aromatic amines is 1. The molecule has 146 valence electrons. The van der Waals surface area contributed by atoms with Crippen molar-refractivity contribution in [2.75, 3.05) is 19.6 Å². The van der Waals surface area contributed by atoms with Gasteiger partial charge in [0.1, 0.15) is 5.82 Å². The van der Waals surface area contributed by atoms with Gasteiger partial charge in [0.2, 0.25) is 5.91 Å². The Kier molecular flexibility index (Phi) is 8.99. The Bertz CT molecular complexity index is 663. The van der Waals surface area contributed by atoms with E-state index in [0.29, 0.717) is 12.3 Å². The second kappa shape index (κ2) is 11.8. The third kappa shape index (κ3) is 8.00. The van der Waals surface area contributed by atoms with E-state index >= 15 is 0 Å². The predicted molar refractivity (Wildman–Crippen MR) is 101 cm³/mol. The molecule has 1 amide bonds. The van der Waals surface area contributed by atoms with Crippen LogP contribution in [0.4, 0.5) is 0 Å². The molecule has 3 heterocycles. The summed E-state index contributed by atoms with van der Waals surface area (Å²) in [6.45, 7) is 3.50. The number of imidazole rings is 1. The molecule has 3 N–H and O–H groups in total. The standard InChI is InChI=1S/C18H25N5O.CH2O2/c24-18(4-3-15-5-7-19-8-6-15)22-12-16-2-1-11-23(13-16)14-17-20-9-10-21-17;2-1-3/h5-10,16H,1-4,11-14H2,(H,20,21)(H,22,24);1H,(H,2,3). The topological polar surface area (TPSA) is 111 Å². The molecule has 0 aromatic carbocycles. The lowest BCUT2D eigenvalue weighted by molar-refractivity contribution is -0.123. The van der Waals surface area contributed by atoms with Crippen LogP contribution in [0.25, 0.3) is 0 Å². The first-order valence-corrected chi connectivity index (χ1v) is 9.15. The highest BCUT2D eigenvalue weighted by atomic mass is 16.3. The van der Waals surface area contributed by atoms with Gasteiger partial charge in [0.15, 0.2) is 0 Å². The maximum atomic E-state index is 12.0. The zero-order valence-corrected chi connectivity index (χ0v) is 15.4. The normalized spacial score (nSPS) is 16.8. The number of H-pyrrole nitrogens is 1. The number of nitrogens with zero attached hydrogens (tertiary/aromatic N) is 3. The van der Waals surface area contributed by atoms with Crippen LogP contribution >= 0.6 is 0 Å². The average molecular weight is 373 g/mol. The lowest BCUT2D eigenvalue weighted by Crippen LogP contribution is -2.40. The molecule has 1 fully saturated rings. The highest BCUT2D eigenvalue weighted by Crippen LogP contribution is 2.17. The Morgan fingerprint density at radius 1 is 1.37 bits per heavy atom. The summed E-state index contributed by atoms with van der Waals surface area (Å²) in [5.74, 6) is 1.67. The summed E-state index contributed by atoms with van der Waals surface area (Å²) in [6.07, 6.45) is 10.8. The molecule has 1 atom stereocenters. The molecule has 0 spiro atoms. The second-order valence-corrected chi connectivity index (χ2v) is 6.54. The molecule has 8 heteroatoms. The van der Waals surface area contributed by atoms with Crippen LogP contribution in [-0.2, 0) is 22.6 Å². The molecule has 0 saturated carbocycles. The molecule has 2 aromatic heterocycles. The van der Waals surface area contributed by atoms with E-state index < -0.39 is 0 Å². The number of rotatable bonds is 7. The van der Waals surface area contributed by atoms with E-state index in [1.54, 1.807) is 18.6 Å². The van der Waals surface area contributed by atoms with Crippen molar-refractivity contribution in [3.05, 3.63) is 48.3 Å². The molecule has 1 aliphatic heterocycles. The van der Waals surface area contributed by atoms with Crippen molar-refractivity contribution in [2.24, 2.45) is 5.92 Å². The van der Waals surface area contributed by atoms with Gasteiger partial charge in [0.25, 0.3) is 6.47 Å². The van der Waals surface area contributed by atoms with Crippen LogP contribution in [0.2, 0.25) is 0 Å². The fourth-order valence-electron chi connectivity index (χ4n) is 3.21. The van der Waals surface area contributed by atoms with Crippen LogP contribution in [0, 0.1) is 5.92 Å². The first-order valence-electron chi connectivity index (χ1n) is 9.15. The van der Waals surface area contributed by atoms with Gasteiger partial charge in [0, 0.05) is 44.3 Å². The van der Waals surface area contributed by atoms with Crippen LogP contribution in [-0.4, -0.2) is 57.0 Å². The van der Waals surface area contributed by atoms with Crippen molar-refractivity contribution in [1.82, 2.24) is 25.2 Å². The molecule has 0 aliphatic carbocycles. The summed E-state index contributed by atoms with van der Waals surface area (Å²) >= 11 is 0. The van der Waals surface area contributed by atoms with Gasteiger partial charge in [0.05, 0.1) is 6.54 Å². The summed E-state index contributed by atoms with van der Waals surface area (Å²) in [7, 11) is 0. The largest absolute Gasteiger partial charge is 0.483 e. The molecule has 1 unspecified atom stereocenters. The molecule has 8 nitrogen and oxygen atoms in total. The van der Waals surface area contributed by atoms with Gasteiger partial charge >= 0.3 is 0 Å². The summed E-state index contributed by atoms with van der Waals surface area (Å²) in [4.78, 5) is 34.3. The van der Waals surface area contributed by atoms with Gasteiger partial charge in [-0.1, -0.05) is 0 Å². The number of aryl methyl sites for hydroxylation is 1. The van der Waals surface area contributed by atoms with Crippen molar-refractivity contribution in [3.8, 4) is 0 Å². The second-order valence-electron chi connectivity index (χ2n) is 6.54. The Morgan fingerprint density at radius 2 is 2.15 bits per heavy atom. The van der Waals surface area contributed by atoms with E-state index in [0.717, 1.165) is 44.0 Å². The number of nitrogens with one attached hydrogen (secondary N) is 2. The van der Waals surface area contributed by atoms with Crippen LogP contribution in [0.3, 0.4) is 0 Å². The fraction of sp³-hybridized carbons (Fsp3) is 0.474. The summed E-state index contributed by atoms with van der Waals surface area (Å²) in [5.41, 5.74) is 1.16. The third-order valence-electron chi connectivity index (χ3n) is 4.51. The minimum absolute atomic E-state index is 0.134. The highest BCUT2D eigenvalue weighted by Gasteiger charge is 2.20. The van der Waals surface area contributed by atoms with Gasteiger partial charge in [-0.25, -0.2) is 4.98 Å². The number of carbonyl (C=O) groups is 2. The number of likely N-dealkylation sites (tertiary alicyclic amines) is 1. The summed E-state index contributed by atoms with van der Waals surface area (Å²) < 4.78 is 0. The van der Waals surface area contributed by atoms with Crippen LogP contribution in [0.5, 0.6) is 0 Å². The number of carbonyl (C=O) groups excluding carboxylic acids is 1. The van der Waals surface area contributed by atoms with E-state index in [1.807, 2.05) is 18.3 Å². The van der Waals surface area contributed by atoms with Crippen molar-refractivity contribution < 1.29 is 14.7 Å². The minimum Gasteiger partial charge on any atom is -0.483 e. The van der Waals surface area contributed by atoms with E-state index in [9.17, 15) is 4.79 Å². The molecule has 1 aliphatic rings. The number of piperidine rings is 1. The van der Waals surface area contributed by atoms with E-state index in [4.69, 9.17) is 9.90 Å². The van der Waals surface area contributed by atoms with Crippen molar-refractivity contribution in [3.63, 3.8) is 0 Å². The molecule has 3 rings (SSSR count). The zero-order valence-electron chi connectivity index (χ0n) is 15.4. The smallest absolute Gasteiger partial charge is 0.290 e. The van der Waals surface area contributed by atoms with Crippen molar-refractivity contribution in [2.45, 2.75) is 32.2 Å². The maximum Gasteiger partial charge on any atom is 0.290 e. The van der Waals surface area contributed by atoms with E-state index in [1.165, 1.54) is 12.8 Å². The average Bonchev–Trinajstić information content (AvgIpc) is 3.19. The van der Waals surface area contributed by atoms with Crippen molar-refractivity contribution in [1.29, 1.82) is 0 Å². The highest BCUT2D eigenvalue weighted by molar-refractivity contribution is 5.76. The van der Waals surface area contributed by atoms with Gasteiger partial charge < -0.3 is 15.4 Å². The molecule has 0 radical (unpaired) electrons. The Hall–Kier alpha value is -2.74. The molecule has 0 bridgehead atoms. The number of pyridine rings is 1. The van der Waals surface area contributed by atoms with Crippen molar-refractivity contribution >= 4 is 12.4 Å². The minimum atomic E-state index is -0.250. The quantitative estimate of drug-likeness (QED) is 0.634. The molecular formula is C19H27N5O3. The van der Waals surface area contributed by atoms with Gasteiger partial charge in [-0.2, -0.15) is 0 Å². The third-order valence-corrected chi connectivity index (χ3v) is 4.51. The monoisotopic (exact) mass is 373 g/mol. The first-order chi connectivity index (χ1) is 13.2. The van der Waals surface area contributed by atoms with Gasteiger partial charge in [-0.15, -0.1) is 0 Å². The lowest BCUT2D eigenvalue weighted by Gasteiger charge is -2.32. The summed E-state index contributed by atoms with van der Waals surface area (Å²) in [6, 6.07) is 3.92. The molecular weight excluding hydrogens is 346 g/mol. The molecule has 27 heavy (non-hydrogen) atoms. The lowest BCUT2D eigenvalue weighted by atomic mass is 9.98. The number of hydrogen-bond donors (Lipinski definition) is 3. The molecule has 1 saturated heterocycles. The van der Waals surface area contributed by atoms with Crippen LogP contribution < -0.4 is 5.32 Å². The molecule has 2 aromatic rings. The van der Waals surface area contributed by atoms with E-state index in [-0.39, 0.29) is 12.4 Å². The van der Waals surface area contributed by atoms with Crippen LogP contribution in [0.1, 0.15) is 30.7 Å². The number of amides is 1. The Labute approximate surface area is 159 Å². The SMILES string of the molecule is O=C(CCc1ccncc1)NCC1CCCN(Cc2ncc[nH]2)C1.O=CO. The maximum absolute atomic E-state index is 12.0. The number of aromatic nitrogens is 3. The summed E-state index contributed by atoms with van der Waals surface area (Å²) in [5, 5.41) is 9.99. The number of hydrogen-bond acceptors (Lipinski definition) is 5. The van der Waals surface area contributed by atoms with Crippen LogP contribution in [0.15, 0.2) is 36.9 Å². The number of carboxylic acid groups (broad SMARTS) is 1. The predicted octanol–water partition coefficient (Wildman–Crippen LogP) is 1.47. The Morgan fingerprint density at radius 3 is 2.85 bits per heavy atom. The van der Waals surface area contributed by atoms with Gasteiger partial charge in [-0.3, -0.25) is 19.5 Å². The zero-order chi connectivity index (χ0) is 19.3. The fourth-order valence-corrected chi connectivity index (χ4v) is 3.21. The Balaban J connectivity index is 0.000000817. The van der Waals surface area contributed by atoms with E-state index in [2.05, 4.69) is 25.2 Å². The van der Waals surface area contributed by atoms with Gasteiger partial charge in [-0.05, 0) is 49.4 Å². The first kappa shape index (κ1) is 20.6.